The van der Waals surface area contributed by atoms with Crippen LogP contribution in [0.5, 0.6) is 0 Å². The summed E-state index contributed by atoms with van der Waals surface area (Å²) < 4.78 is 5.04. The molecule has 0 bridgehead atoms. The van der Waals surface area contributed by atoms with Crippen LogP contribution in [0.2, 0.25) is 0 Å². The lowest BCUT2D eigenvalue weighted by Crippen LogP contribution is -1.88. The molecule has 0 radical (unpaired) electrons. The van der Waals surface area contributed by atoms with Crippen LogP contribution in [-0.4, -0.2) is 13.7 Å². The van der Waals surface area contributed by atoms with Gasteiger partial charge in [0.1, 0.15) is 0 Å². The van der Waals surface area contributed by atoms with Crippen molar-refractivity contribution in [3.05, 3.63) is 36.5 Å². The first-order valence-electron chi connectivity index (χ1n) is 8.35. The van der Waals surface area contributed by atoms with Crippen molar-refractivity contribution in [1.29, 1.82) is 0 Å². The van der Waals surface area contributed by atoms with E-state index in [2.05, 4.69) is 43.4 Å². The average molecular weight is 278 g/mol. The minimum atomic E-state index is 0.921. The highest BCUT2D eigenvalue weighted by atomic mass is 16.5. The van der Waals surface area contributed by atoms with Crippen molar-refractivity contribution in [2.24, 2.45) is 0 Å². The van der Waals surface area contributed by atoms with Crippen molar-refractivity contribution in [2.75, 3.05) is 13.7 Å². The first kappa shape index (κ1) is 19.2. The Labute approximate surface area is 126 Å². The Hall–Kier alpha value is -0.820. The molecule has 0 aromatic rings. The Bertz CT molecular complexity index is 250. The van der Waals surface area contributed by atoms with Crippen molar-refractivity contribution < 1.29 is 4.74 Å². The van der Waals surface area contributed by atoms with Crippen molar-refractivity contribution in [2.45, 2.75) is 71.1 Å². The van der Waals surface area contributed by atoms with Crippen LogP contribution in [0.4, 0.5) is 0 Å². The van der Waals surface area contributed by atoms with Crippen LogP contribution >= 0.6 is 0 Å². The second-order valence-corrected chi connectivity index (χ2v) is 5.20. The van der Waals surface area contributed by atoms with Crippen LogP contribution < -0.4 is 0 Å². The van der Waals surface area contributed by atoms with Crippen molar-refractivity contribution in [3.8, 4) is 0 Å². The van der Waals surface area contributed by atoms with Gasteiger partial charge in [0, 0.05) is 13.7 Å². The predicted octanol–water partition coefficient (Wildman–Crippen LogP) is 6.22. The van der Waals surface area contributed by atoms with Crippen molar-refractivity contribution >= 4 is 0 Å². The van der Waals surface area contributed by atoms with Crippen LogP contribution in [0, 0.1) is 0 Å². The van der Waals surface area contributed by atoms with Crippen LogP contribution in [0.1, 0.15) is 71.1 Å². The molecule has 1 nitrogen and oxygen atoms in total. The van der Waals surface area contributed by atoms with E-state index in [0.29, 0.717) is 0 Å². The van der Waals surface area contributed by atoms with Crippen LogP contribution in [-0.2, 0) is 4.74 Å². The molecule has 0 spiro atoms. The number of ether oxygens (including phenoxy) is 1. The summed E-state index contributed by atoms with van der Waals surface area (Å²) in [7, 11) is 1.78. The third-order valence-electron chi connectivity index (χ3n) is 3.25. The van der Waals surface area contributed by atoms with E-state index in [0.717, 1.165) is 25.9 Å². The molecule has 0 atom stereocenters. The number of rotatable bonds is 14. The predicted molar refractivity (Wildman–Crippen MR) is 91.1 cm³/mol. The molecular formula is C19H34O. The number of hydrogen-bond acceptors (Lipinski definition) is 1. The van der Waals surface area contributed by atoms with E-state index in [1.807, 2.05) is 0 Å². The van der Waals surface area contributed by atoms with E-state index in [-0.39, 0.29) is 0 Å². The number of unbranched alkanes of at least 4 members (excludes halogenated alkanes) is 6. The zero-order valence-corrected chi connectivity index (χ0v) is 13.7. The molecule has 0 rings (SSSR count). The maximum atomic E-state index is 5.04. The third-order valence-corrected chi connectivity index (χ3v) is 3.25. The molecule has 0 aliphatic rings. The summed E-state index contributed by atoms with van der Waals surface area (Å²) in [5.74, 6) is 0. The molecule has 0 unspecified atom stereocenters. The molecule has 1 heteroatoms. The van der Waals surface area contributed by atoms with E-state index in [4.69, 9.17) is 4.74 Å². The van der Waals surface area contributed by atoms with Gasteiger partial charge in [-0.3, -0.25) is 0 Å². The summed E-state index contributed by atoms with van der Waals surface area (Å²) in [5, 5.41) is 0. The highest BCUT2D eigenvalue weighted by Crippen LogP contribution is 2.07. The van der Waals surface area contributed by atoms with Gasteiger partial charge in [-0.25, -0.2) is 0 Å². The molecule has 0 fully saturated rings. The van der Waals surface area contributed by atoms with E-state index in [1.54, 1.807) is 7.11 Å². The molecule has 0 aromatic carbocycles. The van der Waals surface area contributed by atoms with Gasteiger partial charge in [0.15, 0.2) is 0 Å². The molecule has 0 heterocycles. The van der Waals surface area contributed by atoms with Gasteiger partial charge in [-0.15, -0.1) is 0 Å². The second kappa shape index (κ2) is 18.2. The van der Waals surface area contributed by atoms with Gasteiger partial charge < -0.3 is 4.74 Å². The Morgan fingerprint density at radius 3 is 1.85 bits per heavy atom. The maximum Gasteiger partial charge on any atom is 0.0462 e. The second-order valence-electron chi connectivity index (χ2n) is 5.20. The molecule has 0 saturated carbocycles. The van der Waals surface area contributed by atoms with Crippen LogP contribution in [0.25, 0.3) is 0 Å². The Morgan fingerprint density at radius 1 is 0.650 bits per heavy atom. The summed E-state index contributed by atoms with van der Waals surface area (Å²) in [6.45, 7) is 3.09. The third kappa shape index (κ3) is 17.2. The van der Waals surface area contributed by atoms with E-state index < -0.39 is 0 Å². The van der Waals surface area contributed by atoms with Crippen LogP contribution in [0.15, 0.2) is 36.5 Å². The Kier molecular flexibility index (Phi) is 17.4. The van der Waals surface area contributed by atoms with Gasteiger partial charge in [-0.2, -0.15) is 0 Å². The number of allylic oxidation sites excluding steroid dienone is 6. The molecule has 0 saturated heterocycles. The Balaban J connectivity index is 3.17. The molecule has 0 aliphatic heterocycles. The van der Waals surface area contributed by atoms with Crippen LogP contribution in [0.3, 0.4) is 0 Å². The van der Waals surface area contributed by atoms with Gasteiger partial charge in [0.05, 0.1) is 0 Å². The minimum Gasteiger partial charge on any atom is -0.385 e. The molecule has 0 aromatic heterocycles. The highest BCUT2D eigenvalue weighted by Gasteiger charge is 1.90. The maximum absolute atomic E-state index is 5.04. The van der Waals surface area contributed by atoms with Gasteiger partial charge in [-0.05, 0) is 38.5 Å². The minimum absolute atomic E-state index is 0.921. The molecular weight excluding hydrogens is 244 g/mol. The fourth-order valence-electron chi connectivity index (χ4n) is 2.04. The lowest BCUT2D eigenvalue weighted by molar-refractivity contribution is 0.192. The first-order valence-corrected chi connectivity index (χ1v) is 8.35. The smallest absolute Gasteiger partial charge is 0.0462 e. The molecule has 0 aliphatic carbocycles. The summed E-state index contributed by atoms with van der Waals surface area (Å²) >= 11 is 0. The standard InChI is InChI=1S/C19H34O/c1-3-4-5-6-7-8-9-10-11-12-13-14-15-16-17-18-19-20-2/h4-5,7-8,10-11H,3,6,9,12-19H2,1-2H3/b5-4-,8-7-,11-10-. The lowest BCUT2D eigenvalue weighted by Gasteiger charge is -2.00. The fraction of sp³-hybridized carbons (Fsp3) is 0.684. The fourth-order valence-corrected chi connectivity index (χ4v) is 2.04. The summed E-state index contributed by atoms with van der Waals surface area (Å²) in [5.41, 5.74) is 0. The van der Waals surface area contributed by atoms with E-state index in [9.17, 15) is 0 Å². The number of hydrogen-bond donors (Lipinski definition) is 0. The Morgan fingerprint density at radius 2 is 1.20 bits per heavy atom. The first-order chi connectivity index (χ1) is 9.91. The summed E-state index contributed by atoms with van der Waals surface area (Å²) in [6.07, 6.45) is 26.1. The van der Waals surface area contributed by atoms with Gasteiger partial charge in [0.25, 0.3) is 0 Å². The molecule has 0 amide bonds. The molecule has 116 valence electrons. The summed E-state index contributed by atoms with van der Waals surface area (Å²) in [4.78, 5) is 0. The monoisotopic (exact) mass is 278 g/mol. The van der Waals surface area contributed by atoms with E-state index >= 15 is 0 Å². The topological polar surface area (TPSA) is 9.23 Å². The van der Waals surface area contributed by atoms with Gasteiger partial charge in [-0.1, -0.05) is 69.1 Å². The van der Waals surface area contributed by atoms with Crippen molar-refractivity contribution in [3.63, 3.8) is 0 Å². The lowest BCUT2D eigenvalue weighted by atomic mass is 10.1. The average Bonchev–Trinajstić information content (AvgIpc) is 2.47. The zero-order chi connectivity index (χ0) is 14.7. The molecule has 20 heavy (non-hydrogen) atoms. The van der Waals surface area contributed by atoms with Crippen molar-refractivity contribution in [1.82, 2.24) is 0 Å². The van der Waals surface area contributed by atoms with Gasteiger partial charge in [0.2, 0.25) is 0 Å². The molecule has 0 N–H and O–H groups in total. The van der Waals surface area contributed by atoms with E-state index in [1.165, 1.54) is 44.9 Å². The SMILES string of the molecule is CC/C=C\C/C=C\C/C=C\CCCCCCCCOC. The summed E-state index contributed by atoms with van der Waals surface area (Å²) in [6, 6.07) is 0. The normalized spacial score (nSPS) is 12.3. The zero-order valence-electron chi connectivity index (χ0n) is 13.7. The largest absolute Gasteiger partial charge is 0.385 e. The van der Waals surface area contributed by atoms with Gasteiger partial charge >= 0.3 is 0 Å². The highest BCUT2D eigenvalue weighted by molar-refractivity contribution is 4.96. The quantitative estimate of drug-likeness (QED) is 0.270. The number of methoxy groups -OCH3 is 1.